The van der Waals surface area contributed by atoms with Gasteiger partial charge in [-0.15, -0.1) is 0 Å². The standard InChI is InChI=1S/C22H23N5O/c1-5-20(28)24-18-11-8-15(3)19(12-18)26-22-23-13-16(4)21(27-22)25-17-9-6-14(2)7-10-17/h5-13H,1H2,2-4H3,(H,24,28)(H2,23,25,26,27). The topological polar surface area (TPSA) is 78.9 Å². The van der Waals surface area contributed by atoms with E-state index in [2.05, 4.69) is 39.4 Å². The van der Waals surface area contributed by atoms with Crippen LogP contribution >= 0.6 is 0 Å². The molecule has 0 radical (unpaired) electrons. The van der Waals surface area contributed by atoms with E-state index in [1.54, 1.807) is 6.20 Å². The van der Waals surface area contributed by atoms with Crippen LogP contribution in [0.4, 0.5) is 28.8 Å². The van der Waals surface area contributed by atoms with E-state index >= 15 is 0 Å². The second kappa shape index (κ2) is 8.35. The van der Waals surface area contributed by atoms with E-state index in [1.165, 1.54) is 11.6 Å². The molecule has 28 heavy (non-hydrogen) atoms. The van der Waals surface area contributed by atoms with Crippen molar-refractivity contribution >= 4 is 34.7 Å². The number of aryl methyl sites for hydroxylation is 3. The molecule has 0 saturated heterocycles. The van der Waals surface area contributed by atoms with Gasteiger partial charge in [-0.25, -0.2) is 4.98 Å². The predicted octanol–water partition coefficient (Wildman–Crippen LogP) is 5.01. The van der Waals surface area contributed by atoms with Crippen molar-refractivity contribution in [1.82, 2.24) is 9.97 Å². The van der Waals surface area contributed by atoms with Crippen LogP contribution in [0.5, 0.6) is 0 Å². The smallest absolute Gasteiger partial charge is 0.247 e. The zero-order valence-corrected chi connectivity index (χ0v) is 16.2. The molecule has 1 aromatic heterocycles. The highest BCUT2D eigenvalue weighted by molar-refractivity contribution is 5.99. The third-order valence-electron chi connectivity index (χ3n) is 4.22. The molecule has 142 valence electrons. The Bertz CT molecular complexity index is 1010. The lowest BCUT2D eigenvalue weighted by Gasteiger charge is -2.13. The third kappa shape index (κ3) is 4.73. The Labute approximate surface area is 164 Å². The molecule has 2 aromatic carbocycles. The van der Waals surface area contributed by atoms with Gasteiger partial charge in [-0.05, 0) is 56.7 Å². The van der Waals surface area contributed by atoms with Crippen molar-refractivity contribution in [3.8, 4) is 0 Å². The molecule has 0 fully saturated rings. The molecule has 6 heteroatoms. The highest BCUT2D eigenvalue weighted by Crippen LogP contribution is 2.25. The molecule has 0 spiro atoms. The van der Waals surface area contributed by atoms with Crippen molar-refractivity contribution < 1.29 is 4.79 Å². The molecule has 0 atom stereocenters. The number of benzene rings is 2. The molecule has 0 unspecified atom stereocenters. The van der Waals surface area contributed by atoms with Crippen LogP contribution < -0.4 is 16.0 Å². The summed E-state index contributed by atoms with van der Waals surface area (Å²) in [5, 5.41) is 9.31. The molecule has 0 aliphatic rings. The number of hydrogen-bond donors (Lipinski definition) is 3. The number of rotatable bonds is 6. The number of aromatic nitrogens is 2. The molecule has 3 N–H and O–H groups in total. The Morgan fingerprint density at radius 3 is 2.39 bits per heavy atom. The molecule has 0 saturated carbocycles. The Morgan fingerprint density at radius 1 is 0.964 bits per heavy atom. The maximum absolute atomic E-state index is 11.5. The van der Waals surface area contributed by atoms with Gasteiger partial charge in [-0.2, -0.15) is 4.98 Å². The Hall–Kier alpha value is -3.67. The summed E-state index contributed by atoms with van der Waals surface area (Å²) >= 11 is 0. The molecule has 0 aliphatic carbocycles. The maximum atomic E-state index is 11.5. The van der Waals surface area contributed by atoms with Crippen LogP contribution in [-0.2, 0) is 4.79 Å². The van der Waals surface area contributed by atoms with Gasteiger partial charge in [0.15, 0.2) is 0 Å². The molecular weight excluding hydrogens is 350 g/mol. The minimum atomic E-state index is -0.258. The summed E-state index contributed by atoms with van der Waals surface area (Å²) in [6.45, 7) is 9.45. The van der Waals surface area contributed by atoms with Crippen molar-refractivity contribution in [2.45, 2.75) is 20.8 Å². The zero-order chi connectivity index (χ0) is 20.1. The fraction of sp³-hybridized carbons (Fsp3) is 0.136. The Morgan fingerprint density at radius 2 is 1.68 bits per heavy atom. The molecule has 1 heterocycles. The highest BCUT2D eigenvalue weighted by Gasteiger charge is 2.08. The quantitative estimate of drug-likeness (QED) is 0.529. The SMILES string of the molecule is C=CC(=O)Nc1ccc(C)c(Nc2ncc(C)c(Nc3ccc(C)cc3)n2)c1. The summed E-state index contributed by atoms with van der Waals surface area (Å²) in [6.07, 6.45) is 3.00. The molecule has 0 bridgehead atoms. The zero-order valence-electron chi connectivity index (χ0n) is 16.2. The number of carbonyl (C=O) groups excluding carboxylic acids is 1. The first-order valence-corrected chi connectivity index (χ1v) is 8.93. The van der Waals surface area contributed by atoms with Gasteiger partial charge in [0.05, 0.1) is 0 Å². The fourth-order valence-electron chi connectivity index (χ4n) is 2.55. The van der Waals surface area contributed by atoms with Crippen LogP contribution in [0.1, 0.15) is 16.7 Å². The van der Waals surface area contributed by atoms with Crippen LogP contribution in [0.25, 0.3) is 0 Å². The van der Waals surface area contributed by atoms with Crippen LogP contribution in [-0.4, -0.2) is 15.9 Å². The van der Waals surface area contributed by atoms with E-state index in [0.717, 1.165) is 28.3 Å². The van der Waals surface area contributed by atoms with Gasteiger partial charge >= 0.3 is 0 Å². The summed E-state index contributed by atoms with van der Waals surface area (Å²) < 4.78 is 0. The first-order valence-electron chi connectivity index (χ1n) is 8.93. The van der Waals surface area contributed by atoms with Crippen LogP contribution in [0.3, 0.4) is 0 Å². The molecule has 0 aliphatic heterocycles. The summed E-state index contributed by atoms with van der Waals surface area (Å²) in [7, 11) is 0. The fourth-order valence-corrected chi connectivity index (χ4v) is 2.55. The number of hydrogen-bond acceptors (Lipinski definition) is 5. The molecule has 3 aromatic rings. The van der Waals surface area contributed by atoms with Gasteiger partial charge in [0.25, 0.3) is 0 Å². The van der Waals surface area contributed by atoms with Crippen molar-refractivity contribution in [3.63, 3.8) is 0 Å². The number of nitrogens with zero attached hydrogens (tertiary/aromatic N) is 2. The van der Waals surface area contributed by atoms with E-state index < -0.39 is 0 Å². The van der Waals surface area contributed by atoms with Gasteiger partial charge in [0.1, 0.15) is 5.82 Å². The lowest BCUT2D eigenvalue weighted by atomic mass is 10.2. The minimum absolute atomic E-state index is 0.258. The molecule has 3 rings (SSSR count). The summed E-state index contributed by atoms with van der Waals surface area (Å²) in [5.41, 5.74) is 5.59. The van der Waals surface area contributed by atoms with Crippen LogP contribution in [0, 0.1) is 20.8 Å². The van der Waals surface area contributed by atoms with E-state index in [0.29, 0.717) is 11.6 Å². The number of amides is 1. The van der Waals surface area contributed by atoms with Crippen molar-refractivity contribution in [3.05, 3.63) is 78.0 Å². The monoisotopic (exact) mass is 373 g/mol. The average molecular weight is 373 g/mol. The van der Waals surface area contributed by atoms with E-state index in [1.807, 2.05) is 56.3 Å². The number of carbonyl (C=O) groups is 1. The van der Waals surface area contributed by atoms with Gasteiger partial charge in [-0.1, -0.05) is 30.3 Å². The normalized spacial score (nSPS) is 10.2. The molecule has 6 nitrogen and oxygen atoms in total. The van der Waals surface area contributed by atoms with Crippen LogP contribution in [0.2, 0.25) is 0 Å². The van der Waals surface area contributed by atoms with E-state index in [4.69, 9.17) is 0 Å². The number of anilines is 5. The first-order chi connectivity index (χ1) is 13.4. The first kappa shape index (κ1) is 19.1. The summed E-state index contributed by atoms with van der Waals surface area (Å²) in [6, 6.07) is 13.7. The largest absolute Gasteiger partial charge is 0.340 e. The average Bonchev–Trinajstić information content (AvgIpc) is 2.68. The summed E-state index contributed by atoms with van der Waals surface area (Å²) in [4.78, 5) is 20.5. The Kier molecular flexibility index (Phi) is 5.69. The van der Waals surface area contributed by atoms with Gasteiger partial charge < -0.3 is 16.0 Å². The molecular formula is C22H23N5O. The summed E-state index contributed by atoms with van der Waals surface area (Å²) in [5.74, 6) is 0.941. The minimum Gasteiger partial charge on any atom is -0.340 e. The Balaban J connectivity index is 1.83. The number of nitrogens with one attached hydrogen (secondary N) is 3. The van der Waals surface area contributed by atoms with Gasteiger partial charge in [-0.3, -0.25) is 4.79 Å². The predicted molar refractivity (Wildman–Crippen MR) is 115 cm³/mol. The van der Waals surface area contributed by atoms with Gasteiger partial charge in [0, 0.05) is 28.8 Å². The van der Waals surface area contributed by atoms with Crippen molar-refractivity contribution in [2.75, 3.05) is 16.0 Å². The third-order valence-corrected chi connectivity index (χ3v) is 4.22. The maximum Gasteiger partial charge on any atom is 0.247 e. The van der Waals surface area contributed by atoms with Gasteiger partial charge in [0.2, 0.25) is 11.9 Å². The molecule has 1 amide bonds. The van der Waals surface area contributed by atoms with Crippen molar-refractivity contribution in [2.24, 2.45) is 0 Å². The second-order valence-corrected chi connectivity index (χ2v) is 6.56. The lowest BCUT2D eigenvalue weighted by molar-refractivity contribution is -0.111. The van der Waals surface area contributed by atoms with Crippen molar-refractivity contribution in [1.29, 1.82) is 0 Å². The van der Waals surface area contributed by atoms with Crippen LogP contribution in [0.15, 0.2) is 61.3 Å². The van der Waals surface area contributed by atoms with E-state index in [-0.39, 0.29) is 5.91 Å². The van der Waals surface area contributed by atoms with E-state index in [9.17, 15) is 4.79 Å². The highest BCUT2D eigenvalue weighted by atomic mass is 16.1. The lowest BCUT2D eigenvalue weighted by Crippen LogP contribution is -2.08. The second-order valence-electron chi connectivity index (χ2n) is 6.56.